The Balaban J connectivity index is 2.23. The number of Topliss-reactive ketones (excluding diaryl/α,β-unsaturated/α-hetero) is 1. The summed E-state index contributed by atoms with van der Waals surface area (Å²) in [5, 5.41) is 3.77. The molecule has 1 heterocycles. The molecule has 2 nitrogen and oxygen atoms in total. The Labute approximate surface area is 86.2 Å². The first-order chi connectivity index (χ1) is 6.33. The third-order valence-corrected chi connectivity index (χ3v) is 3.17. The first kappa shape index (κ1) is 9.00. The van der Waals surface area contributed by atoms with Crippen LogP contribution in [0.2, 0.25) is 0 Å². The lowest BCUT2D eigenvalue weighted by Gasteiger charge is -2.19. The fourth-order valence-corrected chi connectivity index (χ4v) is 2.34. The molecule has 0 fully saturated rings. The molecule has 0 amide bonds. The number of hydrogen-bond donors (Lipinski definition) is 1. The van der Waals surface area contributed by atoms with Gasteiger partial charge in [0.2, 0.25) is 0 Å². The molecule has 0 saturated carbocycles. The van der Waals surface area contributed by atoms with Crippen LogP contribution in [0.1, 0.15) is 12.8 Å². The lowest BCUT2D eigenvalue weighted by Crippen LogP contribution is -2.25. The fourth-order valence-electron chi connectivity index (χ4n) is 1.95. The number of allylic oxidation sites excluding steroid dienone is 3. The zero-order valence-corrected chi connectivity index (χ0v) is 8.93. The highest BCUT2D eigenvalue weighted by Gasteiger charge is 2.27. The standard InChI is InChI=1S/C10H12BrNO/c11-6-9(13)8-3-1-2-7-4-5-12-10(7)8/h1-2,8,12H,3-6H2. The summed E-state index contributed by atoms with van der Waals surface area (Å²) in [6.45, 7) is 0.987. The Kier molecular flexibility index (Phi) is 2.54. The highest BCUT2D eigenvalue weighted by atomic mass is 79.9. The van der Waals surface area contributed by atoms with Gasteiger partial charge in [-0.3, -0.25) is 4.79 Å². The zero-order chi connectivity index (χ0) is 9.26. The van der Waals surface area contributed by atoms with E-state index in [0.717, 1.165) is 19.4 Å². The Morgan fingerprint density at radius 3 is 3.31 bits per heavy atom. The molecule has 70 valence electrons. The third kappa shape index (κ3) is 1.57. The van der Waals surface area contributed by atoms with Crippen molar-refractivity contribution in [2.75, 3.05) is 11.9 Å². The van der Waals surface area contributed by atoms with Crippen molar-refractivity contribution in [2.45, 2.75) is 12.8 Å². The molecule has 0 radical (unpaired) electrons. The second-order valence-corrected chi connectivity index (χ2v) is 3.97. The molecule has 0 spiro atoms. The van der Waals surface area contributed by atoms with E-state index in [9.17, 15) is 4.79 Å². The van der Waals surface area contributed by atoms with Gasteiger partial charge in [0.15, 0.2) is 5.78 Å². The van der Waals surface area contributed by atoms with Crippen molar-refractivity contribution in [3.8, 4) is 0 Å². The van der Waals surface area contributed by atoms with Crippen molar-refractivity contribution in [1.82, 2.24) is 5.32 Å². The number of alkyl halides is 1. The van der Waals surface area contributed by atoms with Gasteiger partial charge in [0, 0.05) is 12.2 Å². The Morgan fingerprint density at radius 2 is 2.54 bits per heavy atom. The minimum Gasteiger partial charge on any atom is -0.387 e. The maximum Gasteiger partial charge on any atom is 0.152 e. The van der Waals surface area contributed by atoms with Gasteiger partial charge in [0.05, 0.1) is 11.2 Å². The van der Waals surface area contributed by atoms with E-state index in [0.29, 0.717) is 5.33 Å². The Morgan fingerprint density at radius 1 is 1.69 bits per heavy atom. The predicted octanol–water partition coefficient (Wildman–Crippen LogP) is 1.77. The number of carbonyl (C=O) groups excluding carboxylic acids is 1. The molecule has 0 bridgehead atoms. The van der Waals surface area contributed by atoms with Crippen LogP contribution in [0.15, 0.2) is 23.4 Å². The second kappa shape index (κ2) is 3.66. The summed E-state index contributed by atoms with van der Waals surface area (Å²) < 4.78 is 0. The largest absolute Gasteiger partial charge is 0.387 e. The van der Waals surface area contributed by atoms with Gasteiger partial charge in [-0.2, -0.15) is 0 Å². The van der Waals surface area contributed by atoms with Crippen LogP contribution in [-0.2, 0) is 4.79 Å². The molecule has 13 heavy (non-hydrogen) atoms. The van der Waals surface area contributed by atoms with E-state index >= 15 is 0 Å². The number of ketones is 1. The number of halogens is 1. The van der Waals surface area contributed by atoms with Gasteiger partial charge in [-0.25, -0.2) is 0 Å². The first-order valence-electron chi connectivity index (χ1n) is 4.55. The van der Waals surface area contributed by atoms with Gasteiger partial charge >= 0.3 is 0 Å². The van der Waals surface area contributed by atoms with Gasteiger partial charge in [0.1, 0.15) is 0 Å². The number of nitrogens with one attached hydrogen (secondary N) is 1. The maximum atomic E-state index is 11.6. The van der Waals surface area contributed by atoms with Crippen LogP contribution in [0.3, 0.4) is 0 Å². The van der Waals surface area contributed by atoms with Crippen LogP contribution in [0.4, 0.5) is 0 Å². The fraction of sp³-hybridized carbons (Fsp3) is 0.500. The van der Waals surface area contributed by atoms with Crippen LogP contribution < -0.4 is 5.32 Å². The van der Waals surface area contributed by atoms with Crippen LogP contribution >= 0.6 is 15.9 Å². The molecular formula is C10H12BrNO. The highest BCUT2D eigenvalue weighted by Crippen LogP contribution is 2.29. The molecule has 0 aromatic heterocycles. The average Bonchev–Trinajstić information content (AvgIpc) is 2.63. The van der Waals surface area contributed by atoms with Crippen molar-refractivity contribution in [2.24, 2.45) is 5.92 Å². The van der Waals surface area contributed by atoms with Gasteiger partial charge in [-0.1, -0.05) is 28.1 Å². The SMILES string of the molecule is O=C(CBr)C1CC=CC2=C1NCC2. The molecule has 1 aliphatic heterocycles. The maximum absolute atomic E-state index is 11.6. The molecule has 0 aromatic rings. The summed E-state index contributed by atoms with van der Waals surface area (Å²) in [4.78, 5) is 11.6. The van der Waals surface area contributed by atoms with Crippen molar-refractivity contribution >= 4 is 21.7 Å². The number of carbonyl (C=O) groups is 1. The minimum absolute atomic E-state index is 0.0851. The van der Waals surface area contributed by atoms with E-state index < -0.39 is 0 Å². The van der Waals surface area contributed by atoms with Crippen molar-refractivity contribution < 1.29 is 4.79 Å². The summed E-state index contributed by atoms with van der Waals surface area (Å²) in [6.07, 6.45) is 6.18. The molecule has 0 aromatic carbocycles. The Hall–Kier alpha value is -0.570. The highest BCUT2D eigenvalue weighted by molar-refractivity contribution is 9.09. The van der Waals surface area contributed by atoms with Crippen LogP contribution in [-0.4, -0.2) is 17.7 Å². The summed E-state index contributed by atoms with van der Waals surface area (Å²) in [5.41, 5.74) is 2.50. The minimum atomic E-state index is 0.0851. The topological polar surface area (TPSA) is 29.1 Å². The average molecular weight is 242 g/mol. The third-order valence-electron chi connectivity index (χ3n) is 2.62. The van der Waals surface area contributed by atoms with Gasteiger partial charge in [-0.15, -0.1) is 0 Å². The van der Waals surface area contributed by atoms with Crippen LogP contribution in [0, 0.1) is 5.92 Å². The van der Waals surface area contributed by atoms with Gasteiger partial charge in [0.25, 0.3) is 0 Å². The molecule has 0 saturated heterocycles. The predicted molar refractivity (Wildman–Crippen MR) is 55.7 cm³/mol. The molecule has 1 atom stereocenters. The van der Waals surface area contributed by atoms with Gasteiger partial charge in [-0.05, 0) is 18.4 Å². The lowest BCUT2D eigenvalue weighted by atomic mass is 9.90. The lowest BCUT2D eigenvalue weighted by molar-refractivity contribution is -0.119. The summed E-state index contributed by atoms with van der Waals surface area (Å²) in [5.74, 6) is 0.369. The first-order valence-corrected chi connectivity index (χ1v) is 5.67. The number of hydrogen-bond acceptors (Lipinski definition) is 2. The monoisotopic (exact) mass is 241 g/mol. The molecule has 1 aliphatic carbocycles. The van der Waals surface area contributed by atoms with E-state index in [-0.39, 0.29) is 11.7 Å². The summed E-state index contributed by atoms with van der Waals surface area (Å²) in [6, 6.07) is 0. The zero-order valence-electron chi connectivity index (χ0n) is 7.35. The number of rotatable bonds is 2. The molecule has 1 N–H and O–H groups in total. The van der Waals surface area contributed by atoms with E-state index in [1.807, 2.05) is 0 Å². The Bertz CT molecular complexity index is 293. The molecule has 3 heteroatoms. The summed E-state index contributed by atoms with van der Waals surface area (Å²) in [7, 11) is 0. The summed E-state index contributed by atoms with van der Waals surface area (Å²) >= 11 is 3.22. The van der Waals surface area contributed by atoms with E-state index in [1.165, 1.54) is 11.3 Å². The van der Waals surface area contributed by atoms with E-state index in [1.54, 1.807) is 0 Å². The molecule has 1 unspecified atom stereocenters. The van der Waals surface area contributed by atoms with Gasteiger partial charge < -0.3 is 5.32 Å². The molecule has 2 aliphatic rings. The smallest absolute Gasteiger partial charge is 0.152 e. The second-order valence-electron chi connectivity index (χ2n) is 3.41. The van der Waals surface area contributed by atoms with Crippen molar-refractivity contribution in [3.05, 3.63) is 23.4 Å². The molecular weight excluding hydrogens is 230 g/mol. The van der Waals surface area contributed by atoms with Crippen molar-refractivity contribution in [1.29, 1.82) is 0 Å². The van der Waals surface area contributed by atoms with Crippen LogP contribution in [0.5, 0.6) is 0 Å². The van der Waals surface area contributed by atoms with Crippen molar-refractivity contribution in [3.63, 3.8) is 0 Å². The van der Waals surface area contributed by atoms with Crippen LogP contribution in [0.25, 0.3) is 0 Å². The molecule has 2 rings (SSSR count). The van der Waals surface area contributed by atoms with E-state index in [2.05, 4.69) is 33.4 Å². The quantitative estimate of drug-likeness (QED) is 0.748. The normalized spacial score (nSPS) is 25.8. The van der Waals surface area contributed by atoms with E-state index in [4.69, 9.17) is 0 Å².